The second-order valence-corrected chi connectivity index (χ2v) is 6.64. The Balaban J connectivity index is 0.00000261. The number of aromatic nitrogens is 1. The number of benzene rings is 1. The van der Waals surface area contributed by atoms with Gasteiger partial charge in [0.05, 0.1) is 24.2 Å². The van der Waals surface area contributed by atoms with Crippen LogP contribution in [0.4, 0.5) is 4.39 Å². The number of carbonyl (C=O) groups is 1. The number of pyridine rings is 1. The zero-order valence-electron chi connectivity index (χ0n) is 14.7. The van der Waals surface area contributed by atoms with E-state index in [2.05, 4.69) is 15.6 Å². The summed E-state index contributed by atoms with van der Waals surface area (Å²) < 4.78 is 19.8. The molecule has 8 heteroatoms. The Morgan fingerprint density at radius 1 is 1.37 bits per heavy atom. The Labute approximate surface area is 169 Å². The maximum atomic E-state index is 13.8. The van der Waals surface area contributed by atoms with E-state index in [-0.39, 0.29) is 41.8 Å². The molecule has 1 aromatic heterocycles. The van der Waals surface area contributed by atoms with Gasteiger partial charge in [0.25, 0.3) is 0 Å². The maximum absolute atomic E-state index is 13.8. The number of carbonyl (C=O) groups excluding carboxylic acids is 1. The highest BCUT2D eigenvalue weighted by Crippen LogP contribution is 2.29. The Morgan fingerprint density at radius 3 is 2.96 bits per heavy atom. The summed E-state index contributed by atoms with van der Waals surface area (Å²) in [7, 11) is 0. The number of nitrogens with zero attached hydrogens (tertiary/aromatic N) is 1. The summed E-state index contributed by atoms with van der Waals surface area (Å²) in [6.45, 7) is 2.32. The van der Waals surface area contributed by atoms with Gasteiger partial charge < -0.3 is 15.4 Å². The Hall–Kier alpha value is -1.73. The Kier molecular flexibility index (Phi) is 8.44. The number of nitrogens with one attached hydrogen (secondary N) is 2. The second kappa shape index (κ2) is 10.6. The summed E-state index contributed by atoms with van der Waals surface area (Å²) >= 11 is 5.78. The molecule has 0 bridgehead atoms. The lowest BCUT2D eigenvalue weighted by Crippen LogP contribution is -2.37. The molecule has 27 heavy (non-hydrogen) atoms. The van der Waals surface area contributed by atoms with E-state index in [1.54, 1.807) is 12.3 Å². The standard InChI is InChI=1S/C19H21ClFN3O2.ClH/c20-16-5-4-13(9-17(16)21)19-14(11-22-7-8-26-19)12-24-18(25)10-15-3-1-2-6-23-15;/h1-6,9,14,19,22H,7-8,10-12H2,(H,24,25);1H/t14-,19-;/m0./s1. The van der Waals surface area contributed by atoms with E-state index in [9.17, 15) is 9.18 Å². The zero-order valence-corrected chi connectivity index (χ0v) is 16.2. The monoisotopic (exact) mass is 413 g/mol. The first-order valence-electron chi connectivity index (χ1n) is 8.57. The molecule has 1 aromatic carbocycles. The van der Waals surface area contributed by atoms with Gasteiger partial charge in [-0.2, -0.15) is 0 Å². The Morgan fingerprint density at radius 2 is 2.22 bits per heavy atom. The van der Waals surface area contributed by atoms with Crippen LogP contribution < -0.4 is 10.6 Å². The van der Waals surface area contributed by atoms with E-state index < -0.39 is 5.82 Å². The largest absolute Gasteiger partial charge is 0.372 e. The van der Waals surface area contributed by atoms with Crippen molar-refractivity contribution in [2.24, 2.45) is 5.92 Å². The van der Waals surface area contributed by atoms with Gasteiger partial charge in [0.15, 0.2) is 0 Å². The average molecular weight is 414 g/mol. The number of hydrogen-bond donors (Lipinski definition) is 2. The summed E-state index contributed by atoms with van der Waals surface area (Å²) in [5.41, 5.74) is 1.44. The van der Waals surface area contributed by atoms with Crippen LogP contribution in [-0.4, -0.2) is 37.1 Å². The topological polar surface area (TPSA) is 63.2 Å². The summed E-state index contributed by atoms with van der Waals surface area (Å²) in [6, 6.07) is 10.2. The van der Waals surface area contributed by atoms with Crippen molar-refractivity contribution < 1.29 is 13.9 Å². The SMILES string of the molecule is Cl.O=C(Cc1ccccn1)NC[C@@H]1CNCCO[C@H]1c1ccc(Cl)c(F)c1. The van der Waals surface area contributed by atoms with Gasteiger partial charge in [-0.05, 0) is 29.8 Å². The fraction of sp³-hybridized carbons (Fsp3) is 0.368. The van der Waals surface area contributed by atoms with Crippen molar-refractivity contribution in [2.45, 2.75) is 12.5 Å². The molecule has 0 unspecified atom stereocenters. The highest BCUT2D eigenvalue weighted by molar-refractivity contribution is 6.30. The molecular formula is C19H22Cl2FN3O2. The number of hydrogen-bond acceptors (Lipinski definition) is 4. The molecule has 3 rings (SSSR count). The molecule has 2 heterocycles. The van der Waals surface area contributed by atoms with E-state index in [4.69, 9.17) is 16.3 Å². The summed E-state index contributed by atoms with van der Waals surface area (Å²) in [5, 5.41) is 6.31. The predicted octanol–water partition coefficient (Wildman–Crippen LogP) is 2.93. The van der Waals surface area contributed by atoms with Gasteiger partial charge in [0.2, 0.25) is 5.91 Å². The van der Waals surface area contributed by atoms with Gasteiger partial charge in [-0.3, -0.25) is 9.78 Å². The van der Waals surface area contributed by atoms with Crippen LogP contribution in [0.15, 0.2) is 42.6 Å². The zero-order chi connectivity index (χ0) is 18.4. The third kappa shape index (κ3) is 6.14. The first kappa shape index (κ1) is 21.6. The molecule has 0 radical (unpaired) electrons. The molecule has 0 saturated carbocycles. The second-order valence-electron chi connectivity index (χ2n) is 6.23. The van der Waals surface area contributed by atoms with E-state index in [0.717, 1.165) is 11.3 Å². The number of amides is 1. The van der Waals surface area contributed by atoms with Crippen molar-refractivity contribution in [3.05, 3.63) is 64.7 Å². The molecule has 1 aliphatic rings. The molecule has 1 aliphatic heterocycles. The lowest BCUT2D eigenvalue weighted by atomic mass is 9.95. The van der Waals surface area contributed by atoms with Gasteiger partial charge in [-0.25, -0.2) is 4.39 Å². The summed E-state index contributed by atoms with van der Waals surface area (Å²) in [5.74, 6) is -0.595. The minimum atomic E-state index is -0.470. The van der Waals surface area contributed by atoms with Crippen LogP contribution >= 0.6 is 24.0 Å². The molecular weight excluding hydrogens is 392 g/mol. The summed E-state index contributed by atoms with van der Waals surface area (Å²) in [4.78, 5) is 16.4. The number of halogens is 3. The third-order valence-corrected chi connectivity index (χ3v) is 4.62. The highest BCUT2D eigenvalue weighted by Gasteiger charge is 2.27. The maximum Gasteiger partial charge on any atom is 0.226 e. The van der Waals surface area contributed by atoms with E-state index in [1.807, 2.05) is 18.2 Å². The Bertz CT molecular complexity index is 749. The van der Waals surface area contributed by atoms with E-state index in [0.29, 0.717) is 26.2 Å². The van der Waals surface area contributed by atoms with E-state index in [1.165, 1.54) is 12.1 Å². The molecule has 1 fully saturated rings. The van der Waals surface area contributed by atoms with E-state index >= 15 is 0 Å². The molecule has 2 N–H and O–H groups in total. The number of rotatable bonds is 5. The van der Waals surface area contributed by atoms with Crippen LogP contribution in [0, 0.1) is 11.7 Å². The third-order valence-electron chi connectivity index (χ3n) is 4.31. The van der Waals surface area contributed by atoms with Crippen molar-refractivity contribution in [2.75, 3.05) is 26.2 Å². The molecule has 146 valence electrons. The van der Waals surface area contributed by atoms with Crippen molar-refractivity contribution in [3.8, 4) is 0 Å². The molecule has 2 atom stereocenters. The van der Waals surface area contributed by atoms with Crippen LogP contribution in [0.2, 0.25) is 5.02 Å². The van der Waals surface area contributed by atoms with Gasteiger partial charge in [-0.1, -0.05) is 23.7 Å². The molecule has 0 aliphatic carbocycles. The quantitative estimate of drug-likeness (QED) is 0.790. The minimum Gasteiger partial charge on any atom is -0.372 e. The summed E-state index contributed by atoms with van der Waals surface area (Å²) in [6.07, 6.45) is 1.57. The lowest BCUT2D eigenvalue weighted by Gasteiger charge is -2.25. The first-order valence-corrected chi connectivity index (χ1v) is 8.95. The highest BCUT2D eigenvalue weighted by atomic mass is 35.5. The van der Waals surface area contributed by atoms with Gasteiger partial charge in [0.1, 0.15) is 5.82 Å². The molecule has 2 aromatic rings. The predicted molar refractivity (Wildman–Crippen MR) is 105 cm³/mol. The fourth-order valence-electron chi connectivity index (χ4n) is 3.00. The first-order chi connectivity index (χ1) is 12.6. The van der Waals surface area contributed by atoms with Crippen LogP contribution in [0.3, 0.4) is 0 Å². The van der Waals surface area contributed by atoms with Gasteiger partial charge in [-0.15, -0.1) is 12.4 Å². The van der Waals surface area contributed by atoms with Crippen LogP contribution in [0.1, 0.15) is 17.4 Å². The van der Waals surface area contributed by atoms with Gasteiger partial charge >= 0.3 is 0 Å². The smallest absolute Gasteiger partial charge is 0.226 e. The lowest BCUT2D eigenvalue weighted by molar-refractivity contribution is -0.120. The van der Waals surface area contributed by atoms with Crippen molar-refractivity contribution in [3.63, 3.8) is 0 Å². The molecule has 1 amide bonds. The van der Waals surface area contributed by atoms with Crippen LogP contribution in [0.25, 0.3) is 0 Å². The average Bonchev–Trinajstić information content (AvgIpc) is 2.89. The molecule has 5 nitrogen and oxygen atoms in total. The van der Waals surface area contributed by atoms with Gasteiger partial charge in [0, 0.05) is 37.4 Å². The van der Waals surface area contributed by atoms with Crippen LogP contribution in [-0.2, 0) is 16.0 Å². The molecule has 1 saturated heterocycles. The minimum absolute atomic E-state index is 0. The fourth-order valence-corrected chi connectivity index (χ4v) is 3.12. The van der Waals surface area contributed by atoms with Crippen molar-refractivity contribution in [1.82, 2.24) is 15.6 Å². The van der Waals surface area contributed by atoms with Crippen LogP contribution in [0.5, 0.6) is 0 Å². The number of ether oxygens (including phenoxy) is 1. The molecule has 0 spiro atoms. The van der Waals surface area contributed by atoms with Crippen molar-refractivity contribution in [1.29, 1.82) is 0 Å². The van der Waals surface area contributed by atoms with Crippen molar-refractivity contribution >= 4 is 29.9 Å². The normalized spacial score (nSPS) is 19.6.